The second-order valence-corrected chi connectivity index (χ2v) is 4.49. The van der Waals surface area contributed by atoms with Crippen LogP contribution in [0, 0.1) is 0 Å². The molecule has 0 fully saturated rings. The number of ketones is 1. The van der Waals surface area contributed by atoms with Gasteiger partial charge in [-0.2, -0.15) is 0 Å². The first-order chi connectivity index (χ1) is 4.88. The first-order valence-corrected chi connectivity index (χ1v) is 5.47. The van der Waals surface area contributed by atoms with Gasteiger partial charge in [-0.1, -0.05) is 0 Å². The molecule has 1 aliphatic heterocycles. The lowest BCUT2D eigenvalue weighted by molar-refractivity contribution is 0.102. The monoisotopic (exact) mass is 170 g/mol. The first-order valence-electron chi connectivity index (χ1n) is 3.18. The first kappa shape index (κ1) is 6.51. The molecule has 10 heavy (non-hydrogen) atoms. The van der Waals surface area contributed by atoms with E-state index in [2.05, 4.69) is 0 Å². The van der Waals surface area contributed by atoms with Crippen molar-refractivity contribution in [3.05, 3.63) is 21.9 Å². The molecular weight excluding hydrogens is 163 g/mol. The van der Waals surface area contributed by atoms with Crippen molar-refractivity contribution in [2.24, 2.45) is 0 Å². The average molecular weight is 170 g/mol. The van der Waals surface area contributed by atoms with Crippen LogP contribution in [0.4, 0.5) is 0 Å². The molecule has 0 saturated heterocycles. The third-order valence-corrected chi connectivity index (χ3v) is 3.97. The fourth-order valence-corrected chi connectivity index (χ4v) is 3.39. The van der Waals surface area contributed by atoms with Gasteiger partial charge >= 0.3 is 0 Å². The van der Waals surface area contributed by atoms with Crippen molar-refractivity contribution in [3.8, 4) is 0 Å². The number of rotatable bonds is 0. The minimum Gasteiger partial charge on any atom is -0.294 e. The van der Waals surface area contributed by atoms with Crippen LogP contribution in [0.5, 0.6) is 0 Å². The molecule has 1 aliphatic rings. The van der Waals surface area contributed by atoms with Crippen LogP contribution in [-0.4, -0.2) is 11.9 Å². The molecule has 3 heteroatoms. The van der Waals surface area contributed by atoms with Crippen molar-refractivity contribution < 1.29 is 4.79 Å². The largest absolute Gasteiger partial charge is 0.294 e. The van der Waals surface area contributed by atoms with Crippen LogP contribution < -0.4 is 0 Å². The molecule has 2 heterocycles. The standard InChI is InChI=1S/C7H7OPS/c8-6-3-9-4-7-5(6)1-2-10-7/h1-2,9H,3-4H2. The molecule has 1 aromatic heterocycles. The maximum Gasteiger partial charge on any atom is 0.168 e. The zero-order valence-corrected chi connectivity index (χ0v) is 7.20. The SMILES string of the molecule is O=C1CPCc2sccc21. The Bertz CT molecular complexity index is 266. The highest BCUT2D eigenvalue weighted by Gasteiger charge is 2.16. The van der Waals surface area contributed by atoms with E-state index in [-0.39, 0.29) is 0 Å². The van der Waals surface area contributed by atoms with Crippen molar-refractivity contribution in [1.82, 2.24) is 0 Å². The van der Waals surface area contributed by atoms with Crippen molar-refractivity contribution in [3.63, 3.8) is 0 Å². The van der Waals surface area contributed by atoms with Gasteiger partial charge in [-0.05, 0) is 11.4 Å². The van der Waals surface area contributed by atoms with E-state index in [4.69, 9.17) is 0 Å². The molecule has 0 N–H and O–H groups in total. The van der Waals surface area contributed by atoms with Gasteiger partial charge in [0.1, 0.15) is 0 Å². The van der Waals surface area contributed by atoms with Crippen molar-refractivity contribution in [1.29, 1.82) is 0 Å². The molecule has 1 atom stereocenters. The van der Waals surface area contributed by atoms with Crippen LogP contribution in [0.15, 0.2) is 11.4 Å². The lowest BCUT2D eigenvalue weighted by Gasteiger charge is -2.08. The number of hydrogen-bond acceptors (Lipinski definition) is 2. The summed E-state index contributed by atoms with van der Waals surface area (Å²) in [5, 5.41) is 2.01. The summed E-state index contributed by atoms with van der Waals surface area (Å²) >= 11 is 1.72. The van der Waals surface area contributed by atoms with Gasteiger partial charge in [0, 0.05) is 22.8 Å². The van der Waals surface area contributed by atoms with Gasteiger partial charge in [0.05, 0.1) is 0 Å². The summed E-state index contributed by atoms with van der Waals surface area (Å²) in [5.74, 6) is 0.348. The Morgan fingerprint density at radius 3 is 3.20 bits per heavy atom. The fraction of sp³-hybridized carbons (Fsp3) is 0.286. The Morgan fingerprint density at radius 2 is 2.40 bits per heavy atom. The van der Waals surface area contributed by atoms with Crippen molar-refractivity contribution >= 4 is 25.7 Å². The van der Waals surface area contributed by atoms with Crippen LogP contribution in [0.3, 0.4) is 0 Å². The van der Waals surface area contributed by atoms with E-state index in [0.29, 0.717) is 5.78 Å². The number of thiophene rings is 1. The lowest BCUT2D eigenvalue weighted by atomic mass is 10.2. The number of Topliss-reactive ketones (excluding diaryl/α,β-unsaturated/α-hetero) is 1. The van der Waals surface area contributed by atoms with Gasteiger partial charge in [0.15, 0.2) is 5.78 Å². The molecule has 0 aromatic carbocycles. The Hall–Kier alpha value is -0.200. The predicted octanol–water partition coefficient (Wildman–Crippen LogP) is 2.12. The normalized spacial score (nSPS) is 19.4. The van der Waals surface area contributed by atoms with E-state index in [1.165, 1.54) is 4.88 Å². The van der Waals surface area contributed by atoms with Gasteiger partial charge < -0.3 is 0 Å². The molecule has 0 saturated carbocycles. The zero-order chi connectivity index (χ0) is 6.97. The van der Waals surface area contributed by atoms with Crippen LogP contribution in [0.2, 0.25) is 0 Å². The molecule has 0 amide bonds. The van der Waals surface area contributed by atoms with Crippen LogP contribution in [0.1, 0.15) is 15.2 Å². The Balaban J connectivity index is 2.50. The highest BCUT2D eigenvalue weighted by molar-refractivity contribution is 7.39. The second-order valence-electron chi connectivity index (χ2n) is 2.28. The molecule has 0 aliphatic carbocycles. The zero-order valence-electron chi connectivity index (χ0n) is 5.39. The number of fused-ring (bicyclic) bond motifs is 1. The van der Waals surface area contributed by atoms with E-state index in [0.717, 1.165) is 26.5 Å². The summed E-state index contributed by atoms with van der Waals surface area (Å²) in [6.45, 7) is 0. The molecular formula is C7H7OPS. The summed E-state index contributed by atoms with van der Waals surface area (Å²) in [5.41, 5.74) is 0.990. The Labute approximate surface area is 65.2 Å². The Kier molecular flexibility index (Phi) is 1.59. The fourth-order valence-electron chi connectivity index (χ4n) is 1.11. The molecule has 0 bridgehead atoms. The summed E-state index contributed by atoms with van der Waals surface area (Å²) in [7, 11) is 0.827. The van der Waals surface area contributed by atoms with Crippen molar-refractivity contribution in [2.45, 2.75) is 6.16 Å². The number of carbonyl (C=O) groups is 1. The van der Waals surface area contributed by atoms with E-state index in [1.807, 2.05) is 11.4 Å². The van der Waals surface area contributed by atoms with E-state index in [9.17, 15) is 4.79 Å². The average Bonchev–Trinajstić information content (AvgIpc) is 2.36. The molecule has 1 nitrogen and oxygen atoms in total. The molecule has 0 radical (unpaired) electrons. The highest BCUT2D eigenvalue weighted by Crippen LogP contribution is 2.32. The Morgan fingerprint density at radius 1 is 1.50 bits per heavy atom. The van der Waals surface area contributed by atoms with Crippen LogP contribution in [0.25, 0.3) is 0 Å². The summed E-state index contributed by atoms with van der Waals surface area (Å²) in [6.07, 6.45) is 1.92. The van der Waals surface area contributed by atoms with E-state index < -0.39 is 0 Å². The van der Waals surface area contributed by atoms with Gasteiger partial charge in [-0.3, -0.25) is 4.79 Å². The molecule has 2 rings (SSSR count). The minimum atomic E-state index is 0.348. The topological polar surface area (TPSA) is 17.1 Å². The minimum absolute atomic E-state index is 0.348. The van der Waals surface area contributed by atoms with Crippen LogP contribution in [-0.2, 0) is 6.16 Å². The smallest absolute Gasteiger partial charge is 0.168 e. The van der Waals surface area contributed by atoms with Gasteiger partial charge in [-0.15, -0.1) is 19.9 Å². The van der Waals surface area contributed by atoms with Gasteiger partial charge in [-0.25, -0.2) is 0 Å². The maximum absolute atomic E-state index is 11.2. The number of hydrogen-bond donors (Lipinski definition) is 0. The molecule has 52 valence electrons. The summed E-state index contributed by atoms with van der Waals surface area (Å²) in [4.78, 5) is 12.5. The van der Waals surface area contributed by atoms with Crippen molar-refractivity contribution in [2.75, 3.05) is 6.16 Å². The lowest BCUT2D eigenvalue weighted by Crippen LogP contribution is -2.06. The summed E-state index contributed by atoms with van der Waals surface area (Å²) < 4.78 is 0. The quantitative estimate of drug-likeness (QED) is 0.545. The third kappa shape index (κ3) is 0.920. The van der Waals surface area contributed by atoms with E-state index >= 15 is 0 Å². The molecule has 0 spiro atoms. The molecule has 1 unspecified atom stereocenters. The maximum atomic E-state index is 11.2. The predicted molar refractivity (Wildman–Crippen MR) is 45.5 cm³/mol. The second kappa shape index (κ2) is 2.44. The highest BCUT2D eigenvalue weighted by atomic mass is 32.1. The van der Waals surface area contributed by atoms with Gasteiger partial charge in [0.25, 0.3) is 0 Å². The van der Waals surface area contributed by atoms with E-state index in [1.54, 1.807) is 11.3 Å². The molecule has 1 aromatic rings. The van der Waals surface area contributed by atoms with Gasteiger partial charge in [0.2, 0.25) is 0 Å². The third-order valence-electron chi connectivity index (χ3n) is 1.62. The number of carbonyl (C=O) groups excluding carboxylic acids is 1. The van der Waals surface area contributed by atoms with Crippen LogP contribution >= 0.6 is 19.9 Å². The summed E-state index contributed by atoms with van der Waals surface area (Å²) in [6, 6.07) is 1.95.